The molecular weight excluding hydrogens is 783 g/mol. The van der Waals surface area contributed by atoms with Gasteiger partial charge in [-0.25, -0.2) is 0 Å². The van der Waals surface area contributed by atoms with Crippen molar-refractivity contribution in [3.8, 4) is 17.2 Å². The summed E-state index contributed by atoms with van der Waals surface area (Å²) in [7, 11) is -0.162. The summed E-state index contributed by atoms with van der Waals surface area (Å²) < 4.78 is 88.9. The van der Waals surface area contributed by atoms with E-state index < -0.39 is 42.8 Å². The van der Waals surface area contributed by atoms with Gasteiger partial charge in [0.2, 0.25) is 0 Å². The summed E-state index contributed by atoms with van der Waals surface area (Å²) in [6.07, 6.45) is -3.29. The molecule has 6 rings (SSSR count). The molecule has 1 radical (unpaired) electrons. The topological polar surface area (TPSA) is 140 Å². The van der Waals surface area contributed by atoms with E-state index in [1.165, 1.54) is 0 Å². The Morgan fingerprint density at radius 1 is 0.704 bits per heavy atom. The first-order valence-electron chi connectivity index (χ1n) is 17.5. The van der Waals surface area contributed by atoms with Gasteiger partial charge in [0.05, 0.1) is 0 Å². The van der Waals surface area contributed by atoms with Crippen molar-refractivity contribution in [1.29, 1.82) is 0 Å². The second kappa shape index (κ2) is 19.4. The molecule has 2 saturated heterocycles. The fraction of sp³-hybridized carbons (Fsp3) is 0.400. The van der Waals surface area contributed by atoms with Crippen molar-refractivity contribution in [3.05, 3.63) is 125 Å². The third-order valence-electron chi connectivity index (χ3n) is 9.29. The van der Waals surface area contributed by atoms with Crippen LogP contribution in [0.5, 0.6) is 17.2 Å². The van der Waals surface area contributed by atoms with Gasteiger partial charge in [0.25, 0.3) is 0 Å². The molecule has 4 aromatic carbocycles. The summed E-state index contributed by atoms with van der Waals surface area (Å²) in [5, 5.41) is 1.13. The zero-order valence-electron chi connectivity index (χ0n) is 30.4. The summed E-state index contributed by atoms with van der Waals surface area (Å²) >= 11 is -1.83. The van der Waals surface area contributed by atoms with E-state index in [4.69, 9.17) is 42.1 Å². The van der Waals surface area contributed by atoms with Gasteiger partial charge in [0.1, 0.15) is 0 Å². The molecule has 0 amide bonds. The van der Waals surface area contributed by atoms with E-state index in [1.54, 1.807) is 21.3 Å². The van der Waals surface area contributed by atoms with Gasteiger partial charge in [-0.1, -0.05) is 0 Å². The molecule has 2 heterocycles. The zero-order chi connectivity index (χ0) is 37.9. The van der Waals surface area contributed by atoms with Crippen molar-refractivity contribution in [2.75, 3.05) is 34.5 Å². The first-order valence-corrected chi connectivity index (χ1v) is 22.3. The quantitative estimate of drug-likeness (QED) is 0.0638. The van der Waals surface area contributed by atoms with Gasteiger partial charge in [-0.3, -0.25) is 0 Å². The maximum absolute atomic E-state index is 11.9. The number of hydrogen-bond donors (Lipinski definition) is 0. The number of hydrogen-bond acceptors (Lipinski definition) is 12. The number of rotatable bonds is 18. The molecule has 2 aliphatic heterocycles. The van der Waals surface area contributed by atoms with Gasteiger partial charge in [-0.05, 0) is 0 Å². The molecule has 0 aliphatic carbocycles. The van der Waals surface area contributed by atoms with E-state index in [1.807, 2.05) is 103 Å². The Kier molecular flexibility index (Phi) is 14.4. The molecule has 6 atom stereocenters. The van der Waals surface area contributed by atoms with E-state index in [2.05, 4.69) is 0 Å². The van der Waals surface area contributed by atoms with Crippen LogP contribution in [0.3, 0.4) is 0 Å². The van der Waals surface area contributed by atoms with Crippen LogP contribution in [0.4, 0.5) is 0 Å². The van der Waals surface area contributed by atoms with Gasteiger partial charge < -0.3 is 0 Å². The van der Waals surface area contributed by atoms with Gasteiger partial charge in [0, 0.05) is 0 Å². The first kappa shape index (κ1) is 40.1. The number of methoxy groups -OCH3 is 3. The first-order chi connectivity index (χ1) is 26.2. The van der Waals surface area contributed by atoms with E-state index in [9.17, 15) is 13.0 Å². The minimum absolute atomic E-state index is 0.0894. The summed E-state index contributed by atoms with van der Waals surface area (Å²) in [4.78, 5) is -0.0894. The summed E-state index contributed by atoms with van der Waals surface area (Å²) in [6, 6.07) is 32.6. The van der Waals surface area contributed by atoms with Crippen LogP contribution in [0, 0.1) is 0 Å². The summed E-state index contributed by atoms with van der Waals surface area (Å²) in [6.45, 7) is 1.28. The molecule has 0 bridgehead atoms. The Bertz CT molecular complexity index is 1830. The van der Waals surface area contributed by atoms with Crippen LogP contribution in [-0.2, 0) is 58.1 Å². The normalized spacial score (nSPS) is 23.3. The molecule has 2 aliphatic rings. The second-order valence-corrected chi connectivity index (χ2v) is 18.8. The average molecular weight is 830 g/mol. The molecule has 0 spiro atoms. The fourth-order valence-corrected chi connectivity index (χ4v) is 13.1. The number of ether oxygens (including phenoxy) is 8. The Labute approximate surface area is 321 Å². The maximum atomic E-state index is 11.9. The summed E-state index contributed by atoms with van der Waals surface area (Å²) in [5.74, 6) is 2.26. The van der Waals surface area contributed by atoms with Gasteiger partial charge in [-0.2, -0.15) is 0 Å². The molecule has 1 unspecified atom stereocenters. The predicted molar refractivity (Wildman–Crippen MR) is 199 cm³/mol. The van der Waals surface area contributed by atoms with Crippen molar-refractivity contribution < 1.29 is 55.0 Å². The van der Waals surface area contributed by atoms with Gasteiger partial charge in [-0.15, -0.1) is 0 Å². The molecule has 0 aromatic heterocycles. The van der Waals surface area contributed by atoms with Gasteiger partial charge in [0.15, 0.2) is 0 Å². The average Bonchev–Trinajstić information content (AvgIpc) is 3.52. The van der Waals surface area contributed by atoms with Crippen LogP contribution < -0.4 is 14.2 Å². The van der Waals surface area contributed by atoms with Crippen LogP contribution in [-0.4, -0.2) is 85.8 Å². The van der Waals surface area contributed by atoms with Gasteiger partial charge >= 0.3 is 323 Å². The van der Waals surface area contributed by atoms with Crippen molar-refractivity contribution >= 4 is 24.3 Å². The molecule has 0 saturated carbocycles. The van der Waals surface area contributed by atoms with E-state index >= 15 is 0 Å². The van der Waals surface area contributed by atoms with Crippen molar-refractivity contribution in [2.24, 2.45) is 0 Å². The Morgan fingerprint density at radius 2 is 1.24 bits per heavy atom. The molecular formula is C40H46O12SSe-. The predicted octanol–water partition coefficient (Wildman–Crippen LogP) is 6.24. The van der Waals surface area contributed by atoms with E-state index in [0.29, 0.717) is 37.1 Å². The zero-order valence-corrected chi connectivity index (χ0v) is 33.0. The molecule has 0 N–H and O–H groups in total. The molecule has 54 heavy (non-hydrogen) atoms. The Morgan fingerprint density at radius 3 is 1.78 bits per heavy atom. The van der Waals surface area contributed by atoms with Crippen LogP contribution in [0.2, 0.25) is 15.5 Å². The molecule has 291 valence electrons. The summed E-state index contributed by atoms with van der Waals surface area (Å²) in [5.41, 5.74) is 3.71. The van der Waals surface area contributed by atoms with E-state index in [-0.39, 0.29) is 23.6 Å². The molecule has 4 aromatic rings. The monoisotopic (exact) mass is 830 g/mol. The van der Waals surface area contributed by atoms with Crippen LogP contribution in [0.1, 0.15) is 28.5 Å². The van der Waals surface area contributed by atoms with E-state index in [0.717, 1.165) is 39.5 Å². The standard InChI is InChI=1S/C40H47O12SSe/c1-44-32-15-9-28(10-16-32)21-47-25-38-39(49-23-30-13-19-34(46-3)20-14-30)37(48-22-29-11-17-33(45-2)18-12-29)27-54(38)26-36-35(52-53(41,42)43)24-50-40(51-36)31-7-5-4-6-8-31/h4-20,35-40H,21-27H2,1-3H3,(H,41,42,43)/p-1/t35-,36+,37+,38+,39-,40?/m0/s1. The Balaban J connectivity index is 1.27. The third-order valence-corrected chi connectivity index (χ3v) is 15.6. The molecule has 2 fully saturated rings. The van der Waals surface area contributed by atoms with Crippen LogP contribution in [0.15, 0.2) is 103 Å². The second-order valence-electron chi connectivity index (χ2n) is 12.9. The van der Waals surface area contributed by atoms with Crippen LogP contribution >= 0.6 is 0 Å². The number of benzene rings is 4. The Hall–Kier alpha value is -3.53. The van der Waals surface area contributed by atoms with Crippen LogP contribution in [0.25, 0.3) is 0 Å². The molecule has 14 heteroatoms. The van der Waals surface area contributed by atoms with Crippen molar-refractivity contribution in [2.45, 2.75) is 66.0 Å². The minimum atomic E-state index is -5.04. The van der Waals surface area contributed by atoms with Crippen molar-refractivity contribution in [1.82, 2.24) is 0 Å². The SMILES string of the molecule is COc1ccc(COC[C@@H]2[C@@H](OCc3ccc(OC)cc3)[C@H](OCc3ccc(OC)cc3)C[Se]2C[C@H]2OC(c3ccccc3)OC[C@@H]2OS(=O)(=O)[O-])cc1. The third kappa shape index (κ3) is 11.3. The fourth-order valence-electron chi connectivity index (χ4n) is 6.41. The molecule has 12 nitrogen and oxygen atoms in total. The van der Waals surface area contributed by atoms with Crippen molar-refractivity contribution in [3.63, 3.8) is 0 Å².